The van der Waals surface area contributed by atoms with E-state index in [1.54, 1.807) is 0 Å². The molecule has 0 saturated heterocycles. The van der Waals surface area contributed by atoms with Crippen LogP contribution in [0, 0.1) is 0 Å². The molecule has 2 atom stereocenters. The van der Waals surface area contributed by atoms with Crippen LogP contribution in [0.1, 0.15) is 328 Å². The molecule has 386 valence electrons. The lowest BCUT2D eigenvalue weighted by Crippen LogP contribution is -2.45. The van der Waals surface area contributed by atoms with E-state index in [1.807, 2.05) is 0 Å². The molecular weight excluding hydrogens is 803 g/mol. The molecule has 0 spiro atoms. The summed E-state index contributed by atoms with van der Waals surface area (Å²) in [4.78, 5) is 24.4. The fourth-order valence-corrected chi connectivity index (χ4v) is 9.28. The van der Waals surface area contributed by atoms with Crippen molar-refractivity contribution in [1.29, 1.82) is 0 Å². The molecule has 6 heteroatoms. The first-order chi connectivity index (χ1) is 32.0. The smallest absolute Gasteiger partial charge is 0.305 e. The Morgan fingerprint density at radius 2 is 0.723 bits per heavy atom. The zero-order valence-electron chi connectivity index (χ0n) is 44.0. The number of carbonyl (C=O) groups excluding carboxylic acids is 2. The number of aliphatic hydroxyl groups excluding tert-OH is 2. The highest BCUT2D eigenvalue weighted by molar-refractivity contribution is 5.76. The van der Waals surface area contributed by atoms with Gasteiger partial charge in [-0.3, -0.25) is 9.59 Å². The van der Waals surface area contributed by atoms with Crippen LogP contribution < -0.4 is 5.32 Å². The summed E-state index contributed by atoms with van der Waals surface area (Å²) in [7, 11) is 0. The maximum absolute atomic E-state index is 12.4. The highest BCUT2D eigenvalue weighted by Crippen LogP contribution is 2.17. The average molecular weight is 919 g/mol. The number of nitrogens with one attached hydrogen (secondary N) is 1. The van der Waals surface area contributed by atoms with Gasteiger partial charge in [0.05, 0.1) is 25.4 Å². The van der Waals surface area contributed by atoms with Crippen molar-refractivity contribution in [3.8, 4) is 0 Å². The van der Waals surface area contributed by atoms with Gasteiger partial charge >= 0.3 is 5.97 Å². The maximum Gasteiger partial charge on any atom is 0.305 e. The summed E-state index contributed by atoms with van der Waals surface area (Å²) in [6, 6.07) is -0.540. The summed E-state index contributed by atoms with van der Waals surface area (Å²) in [5.41, 5.74) is 0. The highest BCUT2D eigenvalue weighted by Gasteiger charge is 2.20. The fraction of sp³-hybridized carbons (Fsp3) is 0.932. The zero-order valence-corrected chi connectivity index (χ0v) is 44.0. The lowest BCUT2D eigenvalue weighted by Gasteiger charge is -2.22. The predicted molar refractivity (Wildman–Crippen MR) is 283 cm³/mol. The molecule has 3 N–H and O–H groups in total. The van der Waals surface area contributed by atoms with E-state index < -0.39 is 12.1 Å². The van der Waals surface area contributed by atoms with Gasteiger partial charge in [-0.25, -0.2) is 0 Å². The summed E-state index contributed by atoms with van der Waals surface area (Å²) in [6.07, 6.45) is 65.1. The van der Waals surface area contributed by atoms with E-state index in [0.29, 0.717) is 25.9 Å². The molecule has 0 saturated carbocycles. The van der Waals surface area contributed by atoms with Crippen molar-refractivity contribution in [1.82, 2.24) is 5.32 Å². The van der Waals surface area contributed by atoms with Crippen LogP contribution in [0.15, 0.2) is 12.2 Å². The SMILES string of the molecule is CCCCCCCCCCCCCCC(=O)OCCCCCCCCCCCCCC/C=C\CCCCCCCCCCCCC(=O)NC(CO)C(O)CCCCCCCCCCCC. The number of ether oxygens (including phenoxy) is 1. The van der Waals surface area contributed by atoms with Crippen LogP contribution in [0.5, 0.6) is 0 Å². The number of allylic oxidation sites excluding steroid dienone is 2. The average Bonchev–Trinajstić information content (AvgIpc) is 3.31. The van der Waals surface area contributed by atoms with Crippen LogP contribution in [0.25, 0.3) is 0 Å². The zero-order chi connectivity index (χ0) is 47.2. The largest absolute Gasteiger partial charge is 0.466 e. The standard InChI is InChI=1S/C59H115NO5/c1-3-5-7-9-11-13-15-33-37-41-45-49-53-59(64)65-54-50-46-42-38-34-31-29-27-25-23-21-19-17-16-18-20-22-24-26-28-30-32-36-40-44-48-52-58(63)60-56(55-61)57(62)51-47-43-39-35-14-12-10-8-6-4-2/h16,18,56-57,61-62H,3-15,17,19-55H2,1-2H3,(H,60,63)/b18-16-. The van der Waals surface area contributed by atoms with Crippen molar-refractivity contribution < 1.29 is 24.5 Å². The molecule has 1 amide bonds. The number of hydrogen-bond acceptors (Lipinski definition) is 5. The number of rotatable bonds is 55. The molecule has 0 aromatic carbocycles. The van der Waals surface area contributed by atoms with Gasteiger partial charge in [0.25, 0.3) is 0 Å². The first-order valence-corrected chi connectivity index (χ1v) is 29.4. The molecule has 0 aliphatic rings. The van der Waals surface area contributed by atoms with Crippen molar-refractivity contribution in [2.24, 2.45) is 0 Å². The van der Waals surface area contributed by atoms with Crippen molar-refractivity contribution in [3.05, 3.63) is 12.2 Å². The summed E-state index contributed by atoms with van der Waals surface area (Å²) < 4.78 is 5.47. The molecule has 0 aliphatic carbocycles. The van der Waals surface area contributed by atoms with Crippen LogP contribution in [0.3, 0.4) is 0 Å². The molecule has 0 aromatic heterocycles. The molecule has 0 aliphatic heterocycles. The van der Waals surface area contributed by atoms with Gasteiger partial charge in [0.15, 0.2) is 0 Å². The molecule has 0 aromatic rings. The number of unbranched alkanes of at least 4 members (excludes halogenated alkanes) is 42. The Balaban J connectivity index is 3.36. The molecule has 0 fully saturated rings. The molecule has 0 heterocycles. The van der Waals surface area contributed by atoms with E-state index >= 15 is 0 Å². The quantitative estimate of drug-likeness (QED) is 0.0321. The predicted octanol–water partition coefficient (Wildman–Crippen LogP) is 18.1. The Labute approximate surface area is 406 Å². The monoisotopic (exact) mass is 918 g/mol. The molecular formula is C59H115NO5. The summed E-state index contributed by atoms with van der Waals surface area (Å²) in [5.74, 6) is -0.0221. The highest BCUT2D eigenvalue weighted by atomic mass is 16.5. The molecule has 65 heavy (non-hydrogen) atoms. The van der Waals surface area contributed by atoms with Gasteiger partial charge in [-0.1, -0.05) is 276 Å². The lowest BCUT2D eigenvalue weighted by atomic mass is 10.0. The number of hydrogen-bond donors (Lipinski definition) is 3. The normalized spacial score (nSPS) is 12.6. The summed E-state index contributed by atoms with van der Waals surface area (Å²) in [6.45, 7) is 4.95. The van der Waals surface area contributed by atoms with Crippen molar-refractivity contribution >= 4 is 11.9 Å². The Hall–Kier alpha value is -1.40. The molecule has 2 unspecified atom stereocenters. The molecule has 6 nitrogen and oxygen atoms in total. The van der Waals surface area contributed by atoms with Gasteiger partial charge in [-0.2, -0.15) is 0 Å². The Kier molecular flexibility index (Phi) is 54.0. The van der Waals surface area contributed by atoms with E-state index in [-0.39, 0.29) is 18.5 Å². The minimum atomic E-state index is -0.662. The van der Waals surface area contributed by atoms with E-state index in [0.717, 1.165) is 38.5 Å². The summed E-state index contributed by atoms with van der Waals surface area (Å²) >= 11 is 0. The van der Waals surface area contributed by atoms with Gasteiger partial charge in [-0.15, -0.1) is 0 Å². The van der Waals surface area contributed by atoms with E-state index in [9.17, 15) is 19.8 Å². The second-order valence-corrected chi connectivity index (χ2v) is 20.3. The third-order valence-electron chi connectivity index (χ3n) is 13.8. The molecule has 0 radical (unpaired) electrons. The number of esters is 1. The van der Waals surface area contributed by atoms with Crippen molar-refractivity contribution in [3.63, 3.8) is 0 Å². The van der Waals surface area contributed by atoms with Crippen LogP contribution in [0.2, 0.25) is 0 Å². The van der Waals surface area contributed by atoms with E-state index in [2.05, 4.69) is 31.3 Å². The fourth-order valence-electron chi connectivity index (χ4n) is 9.28. The lowest BCUT2D eigenvalue weighted by molar-refractivity contribution is -0.143. The van der Waals surface area contributed by atoms with Gasteiger partial charge in [0.1, 0.15) is 0 Å². The van der Waals surface area contributed by atoms with E-state index in [1.165, 1.54) is 257 Å². The minimum absolute atomic E-state index is 0.0153. The van der Waals surface area contributed by atoms with Gasteiger partial charge in [0.2, 0.25) is 5.91 Å². The molecule has 0 rings (SSSR count). The van der Waals surface area contributed by atoms with Gasteiger partial charge < -0.3 is 20.3 Å². The number of carbonyl (C=O) groups is 2. The Morgan fingerprint density at radius 1 is 0.415 bits per heavy atom. The van der Waals surface area contributed by atoms with E-state index in [4.69, 9.17) is 4.74 Å². The first-order valence-electron chi connectivity index (χ1n) is 29.4. The number of amides is 1. The number of aliphatic hydroxyl groups is 2. The minimum Gasteiger partial charge on any atom is -0.466 e. The summed E-state index contributed by atoms with van der Waals surface area (Å²) in [5, 5.41) is 23.1. The van der Waals surface area contributed by atoms with Crippen LogP contribution in [-0.4, -0.2) is 47.4 Å². The van der Waals surface area contributed by atoms with Crippen LogP contribution in [-0.2, 0) is 14.3 Å². The Bertz CT molecular complexity index is 970. The van der Waals surface area contributed by atoms with Gasteiger partial charge in [0, 0.05) is 12.8 Å². The molecule has 0 bridgehead atoms. The third kappa shape index (κ3) is 51.8. The first kappa shape index (κ1) is 63.6. The second kappa shape index (κ2) is 55.2. The van der Waals surface area contributed by atoms with Crippen molar-refractivity contribution in [2.75, 3.05) is 13.2 Å². The van der Waals surface area contributed by atoms with Crippen LogP contribution in [0.4, 0.5) is 0 Å². The van der Waals surface area contributed by atoms with Gasteiger partial charge in [-0.05, 0) is 51.4 Å². The third-order valence-corrected chi connectivity index (χ3v) is 13.8. The van der Waals surface area contributed by atoms with Crippen molar-refractivity contribution in [2.45, 2.75) is 341 Å². The topological polar surface area (TPSA) is 95.9 Å². The van der Waals surface area contributed by atoms with Crippen LogP contribution >= 0.6 is 0 Å². The maximum atomic E-state index is 12.4. The second-order valence-electron chi connectivity index (χ2n) is 20.3. The Morgan fingerprint density at radius 3 is 1.09 bits per heavy atom.